The molecule has 19 heavy (non-hydrogen) atoms. The zero-order chi connectivity index (χ0) is 13.2. The fraction of sp³-hybridized carbons (Fsp3) is 0.385. The van der Waals surface area contributed by atoms with Gasteiger partial charge >= 0.3 is 0 Å². The summed E-state index contributed by atoms with van der Waals surface area (Å²) < 4.78 is 0. The minimum atomic E-state index is 0.488. The van der Waals surface area contributed by atoms with E-state index in [0.717, 1.165) is 35.7 Å². The molecule has 2 aromatic heterocycles. The van der Waals surface area contributed by atoms with E-state index in [-0.39, 0.29) is 0 Å². The Balaban J connectivity index is 1.79. The molecule has 3 rings (SSSR count). The first-order valence-corrected chi connectivity index (χ1v) is 6.37. The second-order valence-electron chi connectivity index (χ2n) is 4.77. The van der Waals surface area contributed by atoms with Crippen LogP contribution in [0.1, 0.15) is 35.8 Å². The van der Waals surface area contributed by atoms with Crippen LogP contribution in [0.5, 0.6) is 0 Å². The molecule has 1 aliphatic rings. The first-order chi connectivity index (χ1) is 9.24. The van der Waals surface area contributed by atoms with Crippen molar-refractivity contribution in [3.8, 4) is 0 Å². The van der Waals surface area contributed by atoms with E-state index in [0.29, 0.717) is 18.3 Å². The predicted octanol–water partition coefficient (Wildman–Crippen LogP) is 1.65. The normalized spacial score (nSPS) is 14.4. The average Bonchev–Trinajstić information content (AvgIpc) is 3.26. The lowest BCUT2D eigenvalue weighted by Crippen LogP contribution is -2.10. The van der Waals surface area contributed by atoms with Gasteiger partial charge in [0.15, 0.2) is 0 Å². The molecule has 2 heterocycles. The lowest BCUT2D eigenvalue weighted by atomic mass is 10.2. The number of nitrogens with zero attached hydrogens (tertiary/aromatic N) is 4. The molecular formula is C13H16N6. The van der Waals surface area contributed by atoms with Crippen LogP contribution in [0.25, 0.3) is 0 Å². The van der Waals surface area contributed by atoms with Gasteiger partial charge in [0.2, 0.25) is 0 Å². The molecule has 0 atom stereocenters. The van der Waals surface area contributed by atoms with E-state index < -0.39 is 0 Å². The molecule has 0 aromatic carbocycles. The Kier molecular flexibility index (Phi) is 2.98. The molecule has 0 radical (unpaired) electrons. The van der Waals surface area contributed by atoms with Gasteiger partial charge in [-0.25, -0.2) is 19.9 Å². The van der Waals surface area contributed by atoms with Crippen LogP contribution < -0.4 is 11.1 Å². The molecule has 98 valence electrons. The van der Waals surface area contributed by atoms with Crippen molar-refractivity contribution in [1.82, 2.24) is 19.9 Å². The summed E-state index contributed by atoms with van der Waals surface area (Å²) in [6.07, 6.45) is 5.58. The standard InChI is InChI=1S/C13H16N6/c1-8-11(14)18-13(9-2-3-9)19-12(8)16-6-10-4-5-15-7-17-10/h4-5,7,9H,2-3,6H2,1H3,(H3,14,16,18,19). The van der Waals surface area contributed by atoms with Crippen molar-refractivity contribution < 1.29 is 0 Å². The smallest absolute Gasteiger partial charge is 0.136 e. The van der Waals surface area contributed by atoms with Gasteiger partial charge in [0.1, 0.15) is 23.8 Å². The van der Waals surface area contributed by atoms with Crippen molar-refractivity contribution in [2.24, 2.45) is 0 Å². The fourth-order valence-corrected chi connectivity index (χ4v) is 1.85. The first-order valence-electron chi connectivity index (χ1n) is 6.37. The van der Waals surface area contributed by atoms with Crippen LogP contribution in [-0.2, 0) is 6.54 Å². The van der Waals surface area contributed by atoms with Crippen molar-refractivity contribution in [2.45, 2.75) is 32.2 Å². The molecule has 0 bridgehead atoms. The zero-order valence-electron chi connectivity index (χ0n) is 10.8. The number of nitrogen functional groups attached to an aromatic ring is 1. The Bertz CT molecular complexity index is 579. The van der Waals surface area contributed by atoms with Crippen LogP contribution in [0.15, 0.2) is 18.6 Å². The third kappa shape index (κ3) is 2.62. The Hall–Kier alpha value is -2.24. The summed E-state index contributed by atoms with van der Waals surface area (Å²) in [6.45, 7) is 2.53. The molecule has 1 saturated carbocycles. The molecule has 6 heteroatoms. The lowest BCUT2D eigenvalue weighted by Gasteiger charge is -2.11. The first kappa shape index (κ1) is 11.8. The number of aromatic nitrogens is 4. The minimum absolute atomic E-state index is 0.488. The van der Waals surface area contributed by atoms with E-state index in [1.807, 2.05) is 13.0 Å². The minimum Gasteiger partial charge on any atom is -0.383 e. The van der Waals surface area contributed by atoms with Crippen molar-refractivity contribution in [3.63, 3.8) is 0 Å². The van der Waals surface area contributed by atoms with Gasteiger partial charge in [0, 0.05) is 17.7 Å². The molecular weight excluding hydrogens is 240 g/mol. The maximum absolute atomic E-state index is 5.94. The summed E-state index contributed by atoms with van der Waals surface area (Å²) in [5.41, 5.74) is 7.74. The zero-order valence-corrected chi connectivity index (χ0v) is 10.8. The van der Waals surface area contributed by atoms with Gasteiger partial charge in [-0.2, -0.15) is 0 Å². The van der Waals surface area contributed by atoms with Crippen molar-refractivity contribution in [1.29, 1.82) is 0 Å². The van der Waals surface area contributed by atoms with Gasteiger partial charge in [-0.3, -0.25) is 0 Å². The monoisotopic (exact) mass is 256 g/mol. The van der Waals surface area contributed by atoms with E-state index in [9.17, 15) is 0 Å². The Morgan fingerprint density at radius 2 is 2.21 bits per heavy atom. The van der Waals surface area contributed by atoms with E-state index in [4.69, 9.17) is 5.73 Å². The molecule has 0 aliphatic heterocycles. The molecule has 0 amide bonds. The highest BCUT2D eigenvalue weighted by atomic mass is 15.1. The summed E-state index contributed by atoms with van der Waals surface area (Å²) in [5.74, 6) is 2.70. The van der Waals surface area contributed by atoms with Gasteiger partial charge in [-0.05, 0) is 25.8 Å². The Labute approximate surface area is 111 Å². The molecule has 2 aromatic rings. The molecule has 6 nitrogen and oxygen atoms in total. The van der Waals surface area contributed by atoms with E-state index >= 15 is 0 Å². The molecule has 0 unspecified atom stereocenters. The van der Waals surface area contributed by atoms with Gasteiger partial charge in [-0.1, -0.05) is 0 Å². The number of hydrogen-bond acceptors (Lipinski definition) is 6. The maximum atomic E-state index is 5.94. The lowest BCUT2D eigenvalue weighted by molar-refractivity contribution is 0.910. The van der Waals surface area contributed by atoms with Gasteiger partial charge in [-0.15, -0.1) is 0 Å². The third-order valence-electron chi connectivity index (χ3n) is 3.22. The van der Waals surface area contributed by atoms with Crippen molar-refractivity contribution >= 4 is 11.6 Å². The summed E-state index contributed by atoms with van der Waals surface area (Å²) in [6, 6.07) is 1.87. The van der Waals surface area contributed by atoms with Crippen LogP contribution >= 0.6 is 0 Å². The summed E-state index contributed by atoms with van der Waals surface area (Å²) in [4.78, 5) is 17.0. The SMILES string of the molecule is Cc1c(N)nc(C2CC2)nc1NCc1ccncn1. The topological polar surface area (TPSA) is 89.6 Å². The second kappa shape index (κ2) is 4.79. The number of hydrogen-bond donors (Lipinski definition) is 2. The molecule has 0 spiro atoms. The van der Waals surface area contributed by atoms with E-state index in [1.54, 1.807) is 6.20 Å². The highest BCUT2D eigenvalue weighted by molar-refractivity contribution is 5.55. The van der Waals surface area contributed by atoms with Crippen LogP contribution in [0.2, 0.25) is 0 Å². The van der Waals surface area contributed by atoms with Gasteiger partial charge < -0.3 is 11.1 Å². The molecule has 3 N–H and O–H groups in total. The number of rotatable bonds is 4. The van der Waals surface area contributed by atoms with Crippen LogP contribution in [-0.4, -0.2) is 19.9 Å². The van der Waals surface area contributed by atoms with Crippen molar-refractivity contribution in [3.05, 3.63) is 35.7 Å². The largest absolute Gasteiger partial charge is 0.383 e. The van der Waals surface area contributed by atoms with Crippen LogP contribution in [0.3, 0.4) is 0 Å². The highest BCUT2D eigenvalue weighted by Crippen LogP contribution is 2.39. The van der Waals surface area contributed by atoms with E-state index in [1.165, 1.54) is 6.33 Å². The summed E-state index contributed by atoms with van der Waals surface area (Å²) in [7, 11) is 0. The van der Waals surface area contributed by atoms with Gasteiger partial charge in [0.25, 0.3) is 0 Å². The highest BCUT2D eigenvalue weighted by Gasteiger charge is 2.27. The Morgan fingerprint density at radius 3 is 2.89 bits per heavy atom. The van der Waals surface area contributed by atoms with Crippen LogP contribution in [0, 0.1) is 6.92 Å². The van der Waals surface area contributed by atoms with Gasteiger partial charge in [0.05, 0.1) is 12.2 Å². The number of nitrogens with two attached hydrogens (primary N) is 1. The summed E-state index contributed by atoms with van der Waals surface area (Å²) >= 11 is 0. The quantitative estimate of drug-likeness (QED) is 0.864. The maximum Gasteiger partial charge on any atom is 0.136 e. The summed E-state index contributed by atoms with van der Waals surface area (Å²) in [5, 5.41) is 3.27. The molecule has 1 aliphatic carbocycles. The van der Waals surface area contributed by atoms with Crippen molar-refractivity contribution in [2.75, 3.05) is 11.1 Å². The Morgan fingerprint density at radius 1 is 1.37 bits per heavy atom. The number of anilines is 2. The average molecular weight is 256 g/mol. The van der Waals surface area contributed by atoms with Crippen LogP contribution in [0.4, 0.5) is 11.6 Å². The predicted molar refractivity (Wildman–Crippen MR) is 72.5 cm³/mol. The fourth-order valence-electron chi connectivity index (χ4n) is 1.85. The number of nitrogens with one attached hydrogen (secondary N) is 1. The molecule has 1 fully saturated rings. The van der Waals surface area contributed by atoms with E-state index in [2.05, 4.69) is 25.3 Å². The third-order valence-corrected chi connectivity index (χ3v) is 3.22. The molecule has 0 saturated heterocycles. The second-order valence-corrected chi connectivity index (χ2v) is 4.77.